The fourth-order valence-electron chi connectivity index (χ4n) is 1.62. The number of nitrogen functional groups attached to an aromatic ring is 1. The predicted molar refractivity (Wildman–Crippen MR) is 61.0 cm³/mol. The van der Waals surface area contributed by atoms with Crippen molar-refractivity contribution in [3.05, 3.63) is 11.5 Å². The monoisotopic (exact) mass is 236 g/mol. The number of nitrogens with zero attached hydrogens (tertiary/aromatic N) is 3. The van der Waals surface area contributed by atoms with E-state index in [9.17, 15) is 0 Å². The van der Waals surface area contributed by atoms with Gasteiger partial charge in [-0.15, -0.1) is 0 Å². The van der Waals surface area contributed by atoms with E-state index in [2.05, 4.69) is 15.1 Å². The first-order chi connectivity index (χ1) is 7.72. The van der Waals surface area contributed by atoms with Gasteiger partial charge in [0.15, 0.2) is 11.0 Å². The van der Waals surface area contributed by atoms with Crippen molar-refractivity contribution in [1.29, 1.82) is 0 Å². The maximum Gasteiger partial charge on any atom is 0.269 e. The molecule has 0 radical (unpaired) electrons. The van der Waals surface area contributed by atoms with Gasteiger partial charge < -0.3 is 10.3 Å². The van der Waals surface area contributed by atoms with Crippen LogP contribution in [0.3, 0.4) is 0 Å². The van der Waals surface area contributed by atoms with Gasteiger partial charge in [-0.1, -0.05) is 16.5 Å². The number of anilines is 1. The molecule has 0 atom stereocenters. The first-order valence-corrected chi connectivity index (χ1v) is 6.10. The Labute approximate surface area is 96.7 Å². The van der Waals surface area contributed by atoms with Crippen LogP contribution in [-0.4, -0.2) is 15.1 Å². The molecule has 0 unspecified atom stereocenters. The first-order valence-electron chi connectivity index (χ1n) is 5.28. The third kappa shape index (κ3) is 1.80. The maximum absolute atomic E-state index is 5.63. The Hall–Kier alpha value is -1.43. The molecule has 5 nitrogen and oxygen atoms in total. The Morgan fingerprint density at radius 1 is 1.44 bits per heavy atom. The van der Waals surface area contributed by atoms with E-state index in [1.165, 1.54) is 24.2 Å². The van der Waals surface area contributed by atoms with Gasteiger partial charge in [-0.2, -0.15) is 4.98 Å². The van der Waals surface area contributed by atoms with Gasteiger partial charge in [0, 0.05) is 6.42 Å². The molecule has 0 spiro atoms. The van der Waals surface area contributed by atoms with E-state index in [1.54, 1.807) is 0 Å². The third-order valence-electron chi connectivity index (χ3n) is 2.64. The lowest BCUT2D eigenvalue weighted by Crippen LogP contribution is -1.89. The number of hydrogen-bond donors (Lipinski definition) is 1. The zero-order valence-corrected chi connectivity index (χ0v) is 9.75. The molecular formula is C10H12N4OS. The summed E-state index contributed by atoms with van der Waals surface area (Å²) in [6.07, 6.45) is 3.50. The second kappa shape index (κ2) is 3.55. The highest BCUT2D eigenvalue weighted by molar-refractivity contribution is 7.18. The van der Waals surface area contributed by atoms with Gasteiger partial charge in [0.25, 0.3) is 5.89 Å². The van der Waals surface area contributed by atoms with E-state index < -0.39 is 0 Å². The van der Waals surface area contributed by atoms with Crippen LogP contribution < -0.4 is 5.73 Å². The molecule has 1 aliphatic rings. The largest absolute Gasteiger partial charge is 0.375 e. The minimum atomic E-state index is 0.537. The molecule has 2 aromatic rings. The average molecular weight is 236 g/mol. The molecule has 3 rings (SSSR count). The molecule has 2 aromatic heterocycles. The molecule has 0 aliphatic heterocycles. The normalized spacial score (nSPS) is 15.6. The maximum atomic E-state index is 5.63. The molecule has 1 saturated carbocycles. The summed E-state index contributed by atoms with van der Waals surface area (Å²) in [5.41, 5.74) is 6.48. The quantitative estimate of drug-likeness (QED) is 0.882. The number of rotatable bonds is 3. The van der Waals surface area contributed by atoms with E-state index in [0.29, 0.717) is 11.0 Å². The number of aromatic nitrogens is 3. The van der Waals surface area contributed by atoms with Crippen LogP contribution in [-0.2, 0) is 6.42 Å². The zero-order chi connectivity index (χ0) is 11.1. The molecule has 2 heterocycles. The summed E-state index contributed by atoms with van der Waals surface area (Å²) in [6, 6.07) is 0. The molecule has 16 heavy (non-hydrogen) atoms. The molecular weight excluding hydrogens is 224 g/mol. The van der Waals surface area contributed by atoms with Gasteiger partial charge in [0.1, 0.15) is 4.88 Å². The van der Waals surface area contributed by atoms with Gasteiger partial charge in [-0.25, -0.2) is 4.98 Å². The van der Waals surface area contributed by atoms with Crippen molar-refractivity contribution in [2.75, 3.05) is 5.73 Å². The molecule has 0 aromatic carbocycles. The van der Waals surface area contributed by atoms with Crippen molar-refractivity contribution in [1.82, 2.24) is 15.1 Å². The molecule has 2 N–H and O–H groups in total. The van der Waals surface area contributed by atoms with Crippen LogP contribution in [0.2, 0.25) is 0 Å². The molecule has 6 heteroatoms. The van der Waals surface area contributed by atoms with Gasteiger partial charge in [-0.3, -0.25) is 0 Å². The number of thiazole rings is 1. The lowest BCUT2D eigenvalue weighted by Gasteiger charge is -1.87. The highest BCUT2D eigenvalue weighted by atomic mass is 32.1. The predicted octanol–water partition coefficient (Wildman–Crippen LogP) is 2.04. The SMILES string of the molecule is Cc1nc(N)sc1-c1nc(CC2CC2)no1. The van der Waals surface area contributed by atoms with Gasteiger partial charge in [-0.05, 0) is 25.7 Å². The van der Waals surface area contributed by atoms with Gasteiger partial charge in [0.05, 0.1) is 5.69 Å². The zero-order valence-electron chi connectivity index (χ0n) is 8.93. The second-order valence-electron chi connectivity index (χ2n) is 4.13. The highest BCUT2D eigenvalue weighted by Crippen LogP contribution is 2.33. The molecule has 1 aliphatic carbocycles. The minimum absolute atomic E-state index is 0.537. The minimum Gasteiger partial charge on any atom is -0.375 e. The molecule has 0 saturated heterocycles. The van der Waals surface area contributed by atoms with Crippen molar-refractivity contribution >= 4 is 16.5 Å². The Morgan fingerprint density at radius 2 is 2.25 bits per heavy atom. The van der Waals surface area contributed by atoms with Crippen molar-refractivity contribution in [2.45, 2.75) is 26.2 Å². The summed E-state index contributed by atoms with van der Waals surface area (Å²) in [6.45, 7) is 1.90. The van der Waals surface area contributed by atoms with Crippen molar-refractivity contribution in [2.24, 2.45) is 5.92 Å². The third-order valence-corrected chi connectivity index (χ3v) is 3.62. The van der Waals surface area contributed by atoms with Crippen LogP contribution >= 0.6 is 11.3 Å². The fraction of sp³-hybridized carbons (Fsp3) is 0.500. The number of nitrogens with two attached hydrogens (primary N) is 1. The molecule has 0 amide bonds. The van der Waals surface area contributed by atoms with E-state index in [0.717, 1.165) is 28.7 Å². The standard InChI is InChI=1S/C10H12N4OS/c1-5-8(16-10(11)12-5)9-13-7(14-15-9)4-6-2-3-6/h6H,2-4H2,1H3,(H2,11,12). The second-order valence-corrected chi connectivity index (χ2v) is 5.16. The van der Waals surface area contributed by atoms with E-state index in [4.69, 9.17) is 10.3 Å². The Kier molecular flexibility index (Phi) is 2.17. The van der Waals surface area contributed by atoms with Crippen LogP contribution in [0.25, 0.3) is 10.8 Å². The highest BCUT2D eigenvalue weighted by Gasteiger charge is 2.24. The summed E-state index contributed by atoms with van der Waals surface area (Å²) in [5.74, 6) is 2.10. The fourth-order valence-corrected chi connectivity index (χ4v) is 2.38. The van der Waals surface area contributed by atoms with Crippen LogP contribution in [0.1, 0.15) is 24.4 Å². The van der Waals surface area contributed by atoms with Crippen LogP contribution in [0.4, 0.5) is 5.13 Å². The average Bonchev–Trinajstić information content (AvgIpc) is 2.80. The van der Waals surface area contributed by atoms with Gasteiger partial charge in [0.2, 0.25) is 0 Å². The van der Waals surface area contributed by atoms with Crippen LogP contribution in [0.15, 0.2) is 4.52 Å². The summed E-state index contributed by atoms with van der Waals surface area (Å²) in [7, 11) is 0. The smallest absolute Gasteiger partial charge is 0.269 e. The Balaban J connectivity index is 1.87. The van der Waals surface area contributed by atoms with Crippen molar-refractivity contribution in [3.63, 3.8) is 0 Å². The summed E-state index contributed by atoms with van der Waals surface area (Å²) in [5, 5.41) is 4.51. The number of hydrogen-bond acceptors (Lipinski definition) is 6. The van der Waals surface area contributed by atoms with Crippen molar-refractivity contribution in [3.8, 4) is 10.8 Å². The Bertz CT molecular complexity index is 515. The summed E-state index contributed by atoms with van der Waals surface area (Å²) >= 11 is 1.39. The van der Waals surface area contributed by atoms with E-state index in [1.807, 2.05) is 6.92 Å². The van der Waals surface area contributed by atoms with Gasteiger partial charge >= 0.3 is 0 Å². The number of aryl methyl sites for hydroxylation is 1. The topological polar surface area (TPSA) is 77.8 Å². The molecule has 84 valence electrons. The Morgan fingerprint density at radius 3 is 2.88 bits per heavy atom. The lowest BCUT2D eigenvalue weighted by atomic mass is 10.3. The molecule has 0 bridgehead atoms. The van der Waals surface area contributed by atoms with Crippen LogP contribution in [0.5, 0.6) is 0 Å². The van der Waals surface area contributed by atoms with Crippen LogP contribution in [0, 0.1) is 12.8 Å². The van der Waals surface area contributed by atoms with E-state index >= 15 is 0 Å². The lowest BCUT2D eigenvalue weighted by molar-refractivity contribution is 0.421. The summed E-state index contributed by atoms with van der Waals surface area (Å²) in [4.78, 5) is 9.39. The van der Waals surface area contributed by atoms with E-state index in [-0.39, 0.29) is 0 Å². The summed E-state index contributed by atoms with van der Waals surface area (Å²) < 4.78 is 5.23. The van der Waals surface area contributed by atoms with Crippen molar-refractivity contribution < 1.29 is 4.52 Å². The molecule has 1 fully saturated rings. The first kappa shape index (κ1) is 9.77.